The monoisotopic (exact) mass is 198 g/mol. The molecule has 2 radical (unpaired) electrons. The van der Waals surface area contributed by atoms with Crippen LogP contribution in [0.4, 0.5) is 5.82 Å². The highest BCUT2D eigenvalue weighted by molar-refractivity contribution is 6.18. The highest BCUT2D eigenvalue weighted by atomic mass is 27.1. The van der Waals surface area contributed by atoms with E-state index in [9.17, 15) is 0 Å². The van der Waals surface area contributed by atoms with Crippen LogP contribution in [0.2, 0.25) is 0 Å². The Labute approximate surface area is 91.6 Å². The van der Waals surface area contributed by atoms with E-state index in [1.165, 1.54) is 35.1 Å². The standard InChI is InChI=1S/C11H11N2.Al/c1-2-6-10-8(4-1)9-5-3-7-12-11(9)13-10;/h1-2,4,6,13H,3,5,7H2;/q-1;+1. The summed E-state index contributed by atoms with van der Waals surface area (Å²) in [6.45, 7) is 1.13. The molecule has 14 heavy (non-hydrogen) atoms. The first-order chi connectivity index (χ1) is 6.86. The van der Waals surface area contributed by atoms with Crippen LogP contribution in [0.1, 0.15) is 12.0 Å². The zero-order valence-corrected chi connectivity index (χ0v) is 9.11. The van der Waals surface area contributed by atoms with Crippen LogP contribution in [0.5, 0.6) is 0 Å². The number of fused-ring (bicyclic) bond motifs is 3. The molecule has 2 aromatic rings. The molecule has 0 aliphatic carbocycles. The number of nitrogens with one attached hydrogen (secondary N) is 1. The molecule has 0 unspecified atom stereocenters. The molecule has 0 bridgehead atoms. The minimum atomic E-state index is 1.13. The van der Waals surface area contributed by atoms with Crippen molar-refractivity contribution in [1.29, 1.82) is 0 Å². The van der Waals surface area contributed by atoms with Gasteiger partial charge in [0.25, 0.3) is 0 Å². The second-order valence-electron chi connectivity index (χ2n) is 3.79. The topological polar surface area (TPSA) is 19.0 Å². The molecule has 68 valence electrons. The molecule has 1 aliphatic rings. The first kappa shape index (κ1) is 8.40. The number of para-hydroxylation sites is 1. The van der Waals surface area contributed by atoms with Gasteiger partial charge in [-0.15, -0.1) is 0 Å². The third kappa shape index (κ3) is 1.10. The van der Waals surface area contributed by atoms with Crippen LogP contribution in [0.3, 0.4) is 0 Å². The summed E-state index contributed by atoms with van der Waals surface area (Å²) in [5.41, 5.74) is 2.73. The third-order valence-electron chi connectivity index (χ3n) is 2.90. The lowest BCUT2D eigenvalue weighted by atomic mass is 10.1. The molecule has 2 nitrogen and oxygen atoms in total. The highest BCUT2D eigenvalue weighted by Crippen LogP contribution is 2.31. The predicted octanol–water partition coefficient (Wildman–Crippen LogP) is 2.00. The molecule has 0 fully saturated rings. The first-order valence-corrected chi connectivity index (χ1v) is 5.50. The summed E-state index contributed by atoms with van der Waals surface area (Å²) in [4.78, 5) is 3.47. The van der Waals surface area contributed by atoms with E-state index >= 15 is 0 Å². The molecule has 1 N–H and O–H groups in total. The summed E-state index contributed by atoms with van der Waals surface area (Å²) >= 11 is 2.79. The van der Waals surface area contributed by atoms with Gasteiger partial charge in [0.1, 0.15) is 0 Å². The molecule has 0 saturated heterocycles. The van der Waals surface area contributed by atoms with Gasteiger partial charge in [-0.25, -0.2) is 0 Å². The molecule has 2 heterocycles. The molecule has 1 aromatic carbocycles. The van der Waals surface area contributed by atoms with Gasteiger partial charge < -0.3 is 8.87 Å². The second-order valence-corrected chi connectivity index (χ2v) is 4.42. The largest absolute Gasteiger partial charge is 0.466 e. The molecule has 0 saturated carbocycles. The minimum absolute atomic E-state index is 1.13. The number of aromatic nitrogens is 1. The smallest absolute Gasteiger partial charge is 0.312 e. The number of H-pyrrole nitrogens is 1. The van der Waals surface area contributed by atoms with Gasteiger partial charge >= 0.3 is 16.5 Å². The maximum absolute atomic E-state index is 3.47. The maximum atomic E-state index is 3.47. The van der Waals surface area contributed by atoms with E-state index in [4.69, 9.17) is 0 Å². The van der Waals surface area contributed by atoms with Crippen molar-refractivity contribution in [3.05, 3.63) is 29.8 Å². The number of hydrogen-bond donors (Lipinski definition) is 1. The third-order valence-corrected chi connectivity index (χ3v) is 3.42. The summed E-state index contributed by atoms with van der Waals surface area (Å²) in [5, 5.41) is 1.38. The SMILES string of the molecule is [Al][N]1CCCc2c1[nH]c1ccccc21. The van der Waals surface area contributed by atoms with Gasteiger partial charge in [-0.3, -0.25) is 0 Å². The Hall–Kier alpha value is -0.908. The van der Waals surface area contributed by atoms with Gasteiger partial charge in [0, 0.05) is 10.9 Å². The number of aryl methyl sites for hydroxylation is 1. The predicted molar refractivity (Wildman–Crippen MR) is 59.7 cm³/mol. The quantitative estimate of drug-likeness (QED) is 0.641. The lowest BCUT2D eigenvalue weighted by Crippen LogP contribution is -2.25. The van der Waals surface area contributed by atoms with Crippen molar-refractivity contribution >= 4 is 33.2 Å². The highest BCUT2D eigenvalue weighted by Gasteiger charge is 2.16. The van der Waals surface area contributed by atoms with Crippen molar-refractivity contribution in [3.63, 3.8) is 0 Å². The van der Waals surface area contributed by atoms with E-state index in [0.717, 1.165) is 6.54 Å². The molecule has 3 rings (SSSR count). The van der Waals surface area contributed by atoms with Crippen molar-refractivity contribution < 1.29 is 0 Å². The van der Waals surface area contributed by atoms with Gasteiger partial charge in [0.05, 0.1) is 5.82 Å². The average molecular weight is 198 g/mol. The molecule has 0 amide bonds. The number of rotatable bonds is 0. The summed E-state index contributed by atoms with van der Waals surface area (Å²) in [5.74, 6) is 1.28. The fourth-order valence-corrected chi connectivity index (χ4v) is 2.63. The summed E-state index contributed by atoms with van der Waals surface area (Å²) < 4.78 is 2.23. The van der Waals surface area contributed by atoms with Crippen LogP contribution >= 0.6 is 0 Å². The van der Waals surface area contributed by atoms with Crippen LogP contribution in [-0.2, 0) is 6.42 Å². The molecule has 0 spiro atoms. The Morgan fingerprint density at radius 3 is 3.07 bits per heavy atom. The van der Waals surface area contributed by atoms with Crippen LogP contribution in [0.25, 0.3) is 10.9 Å². The summed E-state index contributed by atoms with van der Waals surface area (Å²) in [6.07, 6.45) is 2.45. The number of aromatic amines is 1. The zero-order valence-electron chi connectivity index (χ0n) is 7.96. The Bertz CT molecular complexity index is 475. The molecule has 3 heteroatoms. The van der Waals surface area contributed by atoms with Crippen molar-refractivity contribution in [1.82, 2.24) is 4.98 Å². The van der Waals surface area contributed by atoms with Crippen molar-refractivity contribution in [2.45, 2.75) is 12.8 Å². The Morgan fingerprint density at radius 2 is 2.14 bits per heavy atom. The van der Waals surface area contributed by atoms with E-state index in [1.54, 1.807) is 0 Å². The molecular formula is C11H11AlN2. The van der Waals surface area contributed by atoms with Gasteiger partial charge in [-0.1, -0.05) is 18.2 Å². The van der Waals surface area contributed by atoms with E-state index in [1.807, 2.05) is 0 Å². The summed E-state index contributed by atoms with van der Waals surface area (Å²) in [6, 6.07) is 8.54. The fourth-order valence-electron chi connectivity index (χ4n) is 2.22. The van der Waals surface area contributed by atoms with E-state index in [2.05, 4.69) is 49.6 Å². The van der Waals surface area contributed by atoms with Crippen LogP contribution in [0.15, 0.2) is 24.3 Å². The molecule has 1 aromatic heterocycles. The first-order valence-electron chi connectivity index (χ1n) is 4.98. The van der Waals surface area contributed by atoms with Crippen molar-refractivity contribution in [2.24, 2.45) is 0 Å². The number of anilines is 1. The fraction of sp³-hybridized carbons (Fsp3) is 0.273. The number of nitrogens with zero attached hydrogens (tertiary/aromatic N) is 1. The van der Waals surface area contributed by atoms with E-state index in [0.29, 0.717) is 0 Å². The minimum Gasteiger partial charge on any atom is -0.466 e. The lowest BCUT2D eigenvalue weighted by molar-refractivity contribution is 0.790. The maximum Gasteiger partial charge on any atom is 0.312 e. The van der Waals surface area contributed by atoms with Gasteiger partial charge in [-0.2, -0.15) is 0 Å². The zero-order chi connectivity index (χ0) is 9.54. The average Bonchev–Trinajstić information content (AvgIpc) is 2.59. The van der Waals surface area contributed by atoms with Gasteiger partial charge in [-0.05, 0) is 31.0 Å². The van der Waals surface area contributed by atoms with E-state index in [-0.39, 0.29) is 0 Å². The summed E-state index contributed by atoms with van der Waals surface area (Å²) in [7, 11) is 0. The van der Waals surface area contributed by atoms with Crippen molar-refractivity contribution in [3.8, 4) is 0 Å². The number of hydrogen-bond acceptors (Lipinski definition) is 1. The van der Waals surface area contributed by atoms with Gasteiger partial charge in [0.2, 0.25) is 0 Å². The Kier molecular flexibility index (Phi) is 1.83. The molecule has 0 atom stereocenters. The number of benzene rings is 1. The lowest BCUT2D eigenvalue weighted by Gasteiger charge is -2.26. The molecule has 1 aliphatic heterocycles. The van der Waals surface area contributed by atoms with E-state index < -0.39 is 0 Å². The van der Waals surface area contributed by atoms with Crippen molar-refractivity contribution in [2.75, 3.05) is 10.4 Å². The Balaban J connectivity index is 2.32. The Morgan fingerprint density at radius 1 is 1.29 bits per heavy atom. The van der Waals surface area contributed by atoms with Crippen LogP contribution < -0.4 is 3.88 Å². The normalized spacial score (nSPS) is 15.9. The van der Waals surface area contributed by atoms with Crippen LogP contribution in [-0.4, -0.2) is 28.0 Å². The van der Waals surface area contributed by atoms with Crippen LogP contribution in [0, 0.1) is 0 Å². The second kappa shape index (κ2) is 3.05. The van der Waals surface area contributed by atoms with Gasteiger partial charge in [0.15, 0.2) is 0 Å². The molecular weight excluding hydrogens is 187 g/mol.